The van der Waals surface area contributed by atoms with Crippen molar-refractivity contribution in [3.63, 3.8) is 0 Å². The lowest BCUT2D eigenvalue weighted by molar-refractivity contribution is -0.160. The van der Waals surface area contributed by atoms with Gasteiger partial charge in [0.05, 0.1) is 30.4 Å². The van der Waals surface area contributed by atoms with Crippen LogP contribution < -0.4 is 10.1 Å². The minimum atomic E-state index is -4.77. The number of aromatic nitrogens is 2. The van der Waals surface area contributed by atoms with Crippen LogP contribution >= 0.6 is 11.6 Å². The Morgan fingerprint density at radius 2 is 1.95 bits per heavy atom. The molecule has 1 unspecified atom stereocenters. The standard InChI is InChI=1S/C28H23ClF5N5O4/c1-27-9-4-10-39(27)38(12-14-5-3-6-17(30)20(14)31)26(42)19(23(27)40)25(41)37-18-8-7-15(28(32,33)34)11-16(18)21-22(43-2)24(29)36-13-35-21/h3,5-8,11,13,40H,4,9-10,12H2,1-2H3,(H,37,41). The Kier molecular flexibility index (Phi) is 7.77. The van der Waals surface area contributed by atoms with Crippen LogP contribution in [0.4, 0.5) is 27.6 Å². The van der Waals surface area contributed by atoms with Gasteiger partial charge in [-0.05, 0) is 44.0 Å². The van der Waals surface area contributed by atoms with Crippen LogP contribution in [0.15, 0.2) is 54.1 Å². The van der Waals surface area contributed by atoms with Gasteiger partial charge >= 0.3 is 6.18 Å². The number of alkyl halides is 3. The number of rotatable bonds is 6. The molecule has 2 amide bonds. The monoisotopic (exact) mass is 623 g/mol. The van der Waals surface area contributed by atoms with E-state index in [1.807, 2.05) is 0 Å². The molecule has 0 aliphatic carbocycles. The van der Waals surface area contributed by atoms with Crippen molar-refractivity contribution in [3.8, 4) is 17.0 Å². The summed E-state index contributed by atoms with van der Waals surface area (Å²) in [7, 11) is 1.20. The molecule has 2 N–H and O–H groups in total. The molecule has 2 aliphatic rings. The number of fused-ring (bicyclic) bond motifs is 1. The molecule has 1 aromatic heterocycles. The summed E-state index contributed by atoms with van der Waals surface area (Å²) >= 11 is 6.07. The van der Waals surface area contributed by atoms with Crippen LogP contribution in [0, 0.1) is 11.6 Å². The number of benzene rings is 2. The Balaban J connectivity index is 1.58. The number of nitrogens with zero attached hydrogens (tertiary/aromatic N) is 4. The highest BCUT2D eigenvalue weighted by atomic mass is 35.5. The lowest BCUT2D eigenvalue weighted by Gasteiger charge is -2.46. The molecule has 1 saturated heterocycles. The Hall–Kier alpha value is -4.30. The van der Waals surface area contributed by atoms with Gasteiger partial charge in [0.25, 0.3) is 11.8 Å². The number of hydrazine groups is 1. The van der Waals surface area contributed by atoms with Gasteiger partial charge in [-0.15, -0.1) is 0 Å². The Morgan fingerprint density at radius 3 is 2.65 bits per heavy atom. The molecule has 5 rings (SSSR count). The Labute approximate surface area is 246 Å². The fourth-order valence-electron chi connectivity index (χ4n) is 5.31. The molecule has 1 fully saturated rings. The zero-order valence-corrected chi connectivity index (χ0v) is 23.4. The van der Waals surface area contributed by atoms with Crippen LogP contribution in [0.3, 0.4) is 0 Å². The maximum absolute atomic E-state index is 14.6. The van der Waals surface area contributed by atoms with Crippen LogP contribution in [0.5, 0.6) is 5.75 Å². The lowest BCUT2D eigenvalue weighted by atomic mass is 9.90. The summed E-state index contributed by atoms with van der Waals surface area (Å²) in [6.07, 6.45) is -2.96. The molecular formula is C28H23ClF5N5O4. The second kappa shape index (κ2) is 11.1. The van der Waals surface area contributed by atoms with E-state index in [1.54, 1.807) is 6.92 Å². The van der Waals surface area contributed by atoms with Crippen molar-refractivity contribution in [1.29, 1.82) is 0 Å². The van der Waals surface area contributed by atoms with Gasteiger partial charge in [-0.1, -0.05) is 23.7 Å². The number of aliphatic hydroxyl groups is 1. The van der Waals surface area contributed by atoms with Crippen LogP contribution in [-0.4, -0.2) is 56.1 Å². The maximum atomic E-state index is 14.6. The number of carbonyl (C=O) groups is 2. The Morgan fingerprint density at radius 1 is 1.21 bits per heavy atom. The van der Waals surface area contributed by atoms with Crippen LogP contribution in [0.1, 0.15) is 30.9 Å². The van der Waals surface area contributed by atoms with Crippen molar-refractivity contribution < 1.29 is 41.4 Å². The van der Waals surface area contributed by atoms with Crippen molar-refractivity contribution in [1.82, 2.24) is 20.0 Å². The van der Waals surface area contributed by atoms with E-state index in [-0.39, 0.29) is 40.0 Å². The zero-order valence-electron chi connectivity index (χ0n) is 22.6. The summed E-state index contributed by atoms with van der Waals surface area (Å²) in [5.74, 6) is -5.22. The van der Waals surface area contributed by atoms with E-state index in [9.17, 15) is 36.6 Å². The smallest absolute Gasteiger partial charge is 0.416 e. The molecule has 3 aromatic rings. The molecule has 9 nitrogen and oxygen atoms in total. The molecule has 1 atom stereocenters. The van der Waals surface area contributed by atoms with Gasteiger partial charge in [0, 0.05) is 17.7 Å². The number of hydrogen-bond donors (Lipinski definition) is 2. The average Bonchev–Trinajstić information content (AvgIpc) is 3.35. The van der Waals surface area contributed by atoms with Crippen LogP contribution in [-0.2, 0) is 22.3 Å². The molecule has 226 valence electrons. The summed E-state index contributed by atoms with van der Waals surface area (Å²) in [5, 5.41) is 16.0. The molecule has 0 radical (unpaired) electrons. The molecule has 2 aromatic carbocycles. The second-order valence-electron chi connectivity index (χ2n) is 10.1. The molecule has 0 bridgehead atoms. The van der Waals surface area contributed by atoms with E-state index >= 15 is 0 Å². The quantitative estimate of drug-likeness (QED) is 0.207. The zero-order chi connectivity index (χ0) is 31.3. The first-order valence-electron chi connectivity index (χ1n) is 12.8. The van der Waals surface area contributed by atoms with Crippen LogP contribution in [0.25, 0.3) is 11.3 Å². The largest absolute Gasteiger partial charge is 0.509 e. The highest BCUT2D eigenvalue weighted by molar-refractivity contribution is 6.31. The van der Waals surface area contributed by atoms with Crippen molar-refractivity contribution in [2.45, 2.75) is 38.0 Å². The van der Waals surface area contributed by atoms with Gasteiger partial charge in [0.1, 0.15) is 23.4 Å². The highest BCUT2D eigenvalue weighted by Crippen LogP contribution is 2.43. The van der Waals surface area contributed by atoms with Crippen molar-refractivity contribution >= 4 is 29.1 Å². The summed E-state index contributed by atoms with van der Waals surface area (Å²) in [6.45, 7) is 1.40. The van der Waals surface area contributed by atoms with E-state index in [0.29, 0.717) is 25.0 Å². The third-order valence-electron chi connectivity index (χ3n) is 7.48. The third-order valence-corrected chi connectivity index (χ3v) is 7.75. The van der Waals surface area contributed by atoms with E-state index in [1.165, 1.54) is 24.3 Å². The predicted octanol–water partition coefficient (Wildman–Crippen LogP) is 5.67. The van der Waals surface area contributed by atoms with E-state index in [0.717, 1.165) is 23.5 Å². The molecule has 43 heavy (non-hydrogen) atoms. The fraction of sp³-hybridized carbons (Fsp3) is 0.286. The second-order valence-corrected chi connectivity index (χ2v) is 10.4. The third kappa shape index (κ3) is 5.25. The van der Waals surface area contributed by atoms with Gasteiger partial charge in [-0.25, -0.2) is 23.8 Å². The van der Waals surface area contributed by atoms with E-state index in [2.05, 4.69) is 15.3 Å². The molecular weight excluding hydrogens is 601 g/mol. The number of methoxy groups -OCH3 is 1. The predicted molar refractivity (Wildman–Crippen MR) is 144 cm³/mol. The minimum absolute atomic E-state index is 0.165. The first kappa shape index (κ1) is 30.2. The number of ether oxygens (including phenoxy) is 1. The lowest BCUT2D eigenvalue weighted by Crippen LogP contribution is -2.60. The van der Waals surface area contributed by atoms with Crippen molar-refractivity contribution in [2.75, 3.05) is 19.0 Å². The number of nitrogens with one attached hydrogen (secondary N) is 1. The number of hydrogen-bond acceptors (Lipinski definition) is 7. The number of amides is 2. The van der Waals surface area contributed by atoms with Crippen molar-refractivity contribution in [2.24, 2.45) is 0 Å². The molecule has 15 heteroatoms. The van der Waals surface area contributed by atoms with Gasteiger partial charge in [0.2, 0.25) is 0 Å². The highest BCUT2D eigenvalue weighted by Gasteiger charge is 2.52. The van der Waals surface area contributed by atoms with Gasteiger partial charge in [0.15, 0.2) is 22.5 Å². The Bertz CT molecular complexity index is 1670. The van der Waals surface area contributed by atoms with Gasteiger partial charge in [-0.2, -0.15) is 13.2 Å². The number of carbonyl (C=O) groups excluding carboxylic acids is 2. The normalized spacial score (nSPS) is 19.1. The van der Waals surface area contributed by atoms with E-state index in [4.69, 9.17) is 16.3 Å². The van der Waals surface area contributed by atoms with Gasteiger partial charge in [-0.3, -0.25) is 14.6 Å². The summed E-state index contributed by atoms with van der Waals surface area (Å²) in [4.78, 5) is 35.2. The molecule has 0 saturated carbocycles. The summed E-state index contributed by atoms with van der Waals surface area (Å²) in [6, 6.07) is 5.86. The molecule has 2 aliphatic heterocycles. The first-order valence-corrected chi connectivity index (χ1v) is 13.2. The molecule has 0 spiro atoms. The van der Waals surface area contributed by atoms with E-state index < -0.39 is 58.6 Å². The molecule has 3 heterocycles. The van der Waals surface area contributed by atoms with Crippen molar-refractivity contribution in [3.05, 3.63) is 82.0 Å². The number of aliphatic hydroxyl groups excluding tert-OH is 1. The number of anilines is 1. The topological polar surface area (TPSA) is 108 Å². The number of halogens is 6. The first-order chi connectivity index (χ1) is 20.3. The maximum Gasteiger partial charge on any atom is 0.416 e. The average molecular weight is 624 g/mol. The SMILES string of the molecule is COc1c(Cl)ncnc1-c1cc(C(F)(F)F)ccc1NC(=O)C1=C(O)C2(C)CCCN2N(Cc2cccc(F)c2F)C1=O. The minimum Gasteiger partial charge on any atom is -0.509 e. The van der Waals surface area contributed by atoms with Crippen LogP contribution in [0.2, 0.25) is 5.15 Å². The fourth-order valence-corrected chi connectivity index (χ4v) is 5.53. The summed E-state index contributed by atoms with van der Waals surface area (Å²) < 4.78 is 74.7. The van der Waals surface area contributed by atoms with Gasteiger partial charge < -0.3 is 15.2 Å². The summed E-state index contributed by atoms with van der Waals surface area (Å²) in [5.41, 5.74) is -3.88.